The van der Waals surface area contributed by atoms with E-state index in [-0.39, 0.29) is 18.7 Å². The Morgan fingerprint density at radius 1 is 1.31 bits per heavy atom. The third-order valence-electron chi connectivity index (χ3n) is 2.04. The van der Waals surface area contributed by atoms with Gasteiger partial charge in [-0.15, -0.1) is 0 Å². The number of esters is 1. The maximum Gasteiger partial charge on any atom is 0.344 e. The van der Waals surface area contributed by atoms with E-state index >= 15 is 0 Å². The Morgan fingerprint density at radius 2 is 2.00 bits per heavy atom. The number of carbonyl (C=O) groups excluding carboxylic acids is 1. The molecule has 0 saturated heterocycles. The van der Waals surface area contributed by atoms with E-state index in [1.165, 1.54) is 5.56 Å². The van der Waals surface area contributed by atoms with Gasteiger partial charge in [0.25, 0.3) is 0 Å². The van der Waals surface area contributed by atoms with E-state index in [0.29, 0.717) is 0 Å². The van der Waals surface area contributed by atoms with Crippen molar-refractivity contribution in [1.29, 1.82) is 0 Å². The molecule has 0 heterocycles. The summed E-state index contributed by atoms with van der Waals surface area (Å²) >= 11 is 0. The molecule has 3 nitrogen and oxygen atoms in total. The van der Waals surface area contributed by atoms with Gasteiger partial charge < -0.3 is 9.47 Å². The van der Waals surface area contributed by atoms with Crippen molar-refractivity contribution in [2.45, 2.75) is 33.8 Å². The van der Waals surface area contributed by atoms with Gasteiger partial charge in [-0.1, -0.05) is 17.7 Å². The van der Waals surface area contributed by atoms with E-state index in [4.69, 9.17) is 9.47 Å². The van der Waals surface area contributed by atoms with E-state index in [0.717, 1.165) is 11.3 Å². The van der Waals surface area contributed by atoms with Crippen LogP contribution < -0.4 is 4.74 Å². The van der Waals surface area contributed by atoms with Crippen molar-refractivity contribution in [1.82, 2.24) is 0 Å². The molecule has 16 heavy (non-hydrogen) atoms. The van der Waals surface area contributed by atoms with Crippen LogP contribution in [0, 0.1) is 13.8 Å². The van der Waals surface area contributed by atoms with Crippen LogP contribution >= 0.6 is 0 Å². The lowest BCUT2D eigenvalue weighted by Crippen LogP contribution is -2.18. The van der Waals surface area contributed by atoms with Crippen LogP contribution in [0.2, 0.25) is 0 Å². The van der Waals surface area contributed by atoms with Crippen LogP contribution in [-0.4, -0.2) is 18.7 Å². The van der Waals surface area contributed by atoms with Gasteiger partial charge in [0, 0.05) is 0 Å². The van der Waals surface area contributed by atoms with Crippen LogP contribution in [0.15, 0.2) is 18.2 Å². The lowest BCUT2D eigenvalue weighted by atomic mass is 10.1. The first-order valence-electron chi connectivity index (χ1n) is 5.38. The van der Waals surface area contributed by atoms with Crippen molar-refractivity contribution in [3.63, 3.8) is 0 Å². The molecule has 1 rings (SSSR count). The van der Waals surface area contributed by atoms with Gasteiger partial charge in [0.2, 0.25) is 0 Å². The summed E-state index contributed by atoms with van der Waals surface area (Å²) in [5.74, 6) is 0.390. The summed E-state index contributed by atoms with van der Waals surface area (Å²) in [6, 6.07) is 5.84. The number of ether oxygens (including phenoxy) is 2. The lowest BCUT2D eigenvalue weighted by Gasteiger charge is -2.11. The van der Waals surface area contributed by atoms with Gasteiger partial charge in [-0.3, -0.25) is 0 Å². The molecule has 0 saturated carbocycles. The third-order valence-corrected chi connectivity index (χ3v) is 2.04. The first kappa shape index (κ1) is 12.6. The van der Waals surface area contributed by atoms with Gasteiger partial charge >= 0.3 is 5.97 Å². The average Bonchev–Trinajstić information content (AvgIpc) is 2.15. The molecule has 88 valence electrons. The highest BCUT2D eigenvalue weighted by Gasteiger charge is 2.07. The molecule has 0 N–H and O–H groups in total. The summed E-state index contributed by atoms with van der Waals surface area (Å²) < 4.78 is 10.4. The summed E-state index contributed by atoms with van der Waals surface area (Å²) in [6.07, 6.45) is -0.102. The molecule has 0 spiro atoms. The van der Waals surface area contributed by atoms with E-state index in [1.54, 1.807) is 0 Å². The van der Waals surface area contributed by atoms with E-state index < -0.39 is 0 Å². The second-order valence-corrected chi connectivity index (χ2v) is 4.10. The normalized spacial score (nSPS) is 10.3. The summed E-state index contributed by atoms with van der Waals surface area (Å²) in [7, 11) is 0. The zero-order valence-electron chi connectivity index (χ0n) is 10.2. The molecule has 0 aliphatic carbocycles. The predicted octanol–water partition coefficient (Wildman–Crippen LogP) is 2.63. The van der Waals surface area contributed by atoms with Gasteiger partial charge in [0.05, 0.1) is 6.10 Å². The Hall–Kier alpha value is -1.51. The molecule has 0 bridgehead atoms. The summed E-state index contributed by atoms with van der Waals surface area (Å²) in [5, 5.41) is 0. The fourth-order valence-corrected chi connectivity index (χ4v) is 1.39. The molecule has 0 aliphatic rings. The van der Waals surface area contributed by atoms with Crippen molar-refractivity contribution in [3.8, 4) is 5.75 Å². The molecule has 1 aromatic carbocycles. The lowest BCUT2D eigenvalue weighted by molar-refractivity contribution is -0.149. The maximum atomic E-state index is 11.3. The largest absolute Gasteiger partial charge is 0.482 e. The molecular formula is C13H18O3. The number of hydrogen-bond acceptors (Lipinski definition) is 3. The fraction of sp³-hybridized carbons (Fsp3) is 0.462. The molecule has 0 unspecified atom stereocenters. The predicted molar refractivity (Wildman–Crippen MR) is 62.6 cm³/mol. The molecular weight excluding hydrogens is 204 g/mol. The van der Waals surface area contributed by atoms with Crippen LogP contribution in [0.5, 0.6) is 5.75 Å². The van der Waals surface area contributed by atoms with Crippen molar-refractivity contribution in [2.75, 3.05) is 6.61 Å². The van der Waals surface area contributed by atoms with Crippen molar-refractivity contribution < 1.29 is 14.3 Å². The second-order valence-electron chi connectivity index (χ2n) is 4.10. The van der Waals surface area contributed by atoms with Crippen LogP contribution in [-0.2, 0) is 9.53 Å². The van der Waals surface area contributed by atoms with Gasteiger partial charge in [-0.25, -0.2) is 4.79 Å². The van der Waals surface area contributed by atoms with Crippen LogP contribution in [0.4, 0.5) is 0 Å². The Labute approximate surface area is 96.4 Å². The molecule has 0 aromatic heterocycles. The number of rotatable bonds is 4. The van der Waals surface area contributed by atoms with Crippen molar-refractivity contribution in [3.05, 3.63) is 29.3 Å². The number of benzene rings is 1. The van der Waals surface area contributed by atoms with Crippen molar-refractivity contribution in [2.24, 2.45) is 0 Å². The monoisotopic (exact) mass is 222 g/mol. The van der Waals surface area contributed by atoms with Crippen LogP contribution in [0.1, 0.15) is 25.0 Å². The van der Waals surface area contributed by atoms with Crippen LogP contribution in [0.3, 0.4) is 0 Å². The first-order valence-corrected chi connectivity index (χ1v) is 5.38. The number of aryl methyl sites for hydroxylation is 2. The first-order chi connectivity index (χ1) is 7.49. The minimum Gasteiger partial charge on any atom is -0.482 e. The minimum atomic E-state index is -0.338. The smallest absolute Gasteiger partial charge is 0.344 e. The Bertz CT molecular complexity index is 369. The maximum absolute atomic E-state index is 11.3. The second kappa shape index (κ2) is 5.54. The molecule has 0 aliphatic heterocycles. The number of carbonyl (C=O) groups is 1. The average molecular weight is 222 g/mol. The molecule has 0 amide bonds. The molecule has 0 fully saturated rings. The van der Waals surface area contributed by atoms with E-state index in [1.807, 2.05) is 45.9 Å². The number of hydrogen-bond donors (Lipinski definition) is 0. The van der Waals surface area contributed by atoms with Gasteiger partial charge in [0.15, 0.2) is 6.61 Å². The summed E-state index contributed by atoms with van der Waals surface area (Å²) in [5.41, 5.74) is 2.20. The highest BCUT2D eigenvalue weighted by molar-refractivity contribution is 5.71. The van der Waals surface area contributed by atoms with Crippen molar-refractivity contribution >= 4 is 5.97 Å². The summed E-state index contributed by atoms with van der Waals surface area (Å²) in [4.78, 5) is 11.3. The Balaban J connectivity index is 2.51. The molecule has 1 aromatic rings. The van der Waals surface area contributed by atoms with Gasteiger partial charge in [-0.05, 0) is 39.3 Å². The molecule has 0 radical (unpaired) electrons. The Morgan fingerprint density at radius 3 is 2.56 bits per heavy atom. The fourth-order valence-electron chi connectivity index (χ4n) is 1.39. The van der Waals surface area contributed by atoms with Crippen LogP contribution in [0.25, 0.3) is 0 Å². The SMILES string of the molecule is Cc1ccc(OCC(=O)OC(C)C)c(C)c1. The quantitative estimate of drug-likeness (QED) is 0.735. The van der Waals surface area contributed by atoms with Gasteiger partial charge in [0.1, 0.15) is 5.75 Å². The topological polar surface area (TPSA) is 35.5 Å². The summed E-state index contributed by atoms with van der Waals surface area (Å²) in [6.45, 7) is 7.56. The minimum absolute atomic E-state index is 0.0396. The highest BCUT2D eigenvalue weighted by atomic mass is 16.6. The van der Waals surface area contributed by atoms with Gasteiger partial charge in [-0.2, -0.15) is 0 Å². The van der Waals surface area contributed by atoms with E-state index in [9.17, 15) is 4.79 Å². The molecule has 3 heteroatoms. The van der Waals surface area contributed by atoms with E-state index in [2.05, 4.69) is 0 Å². The Kier molecular flexibility index (Phi) is 4.35. The molecule has 0 atom stereocenters. The standard InChI is InChI=1S/C13H18O3/c1-9(2)16-13(14)8-15-12-6-5-10(3)7-11(12)4/h5-7,9H,8H2,1-4H3. The zero-order chi connectivity index (χ0) is 12.1. The third kappa shape index (κ3) is 3.93. The zero-order valence-corrected chi connectivity index (χ0v) is 10.2. The highest BCUT2D eigenvalue weighted by Crippen LogP contribution is 2.18.